The van der Waals surface area contributed by atoms with Gasteiger partial charge in [-0.2, -0.15) is 0 Å². The molecule has 2 aromatic rings. The maximum absolute atomic E-state index is 12.5. The molecule has 0 bridgehead atoms. The van der Waals surface area contributed by atoms with Gasteiger partial charge in [0.25, 0.3) is 0 Å². The van der Waals surface area contributed by atoms with Crippen LogP contribution in [-0.4, -0.2) is 58.8 Å². The predicted molar refractivity (Wildman–Crippen MR) is 114 cm³/mol. The number of piperazine rings is 1. The van der Waals surface area contributed by atoms with Gasteiger partial charge in [-0.3, -0.25) is 9.59 Å². The Morgan fingerprint density at radius 2 is 2.04 bits per heavy atom. The highest BCUT2D eigenvalue weighted by atomic mass is 35.5. The first-order chi connectivity index (χ1) is 13.5. The minimum atomic E-state index is -0.0659. The third-order valence-corrected chi connectivity index (χ3v) is 6.45. The molecule has 0 spiro atoms. The quantitative estimate of drug-likeness (QED) is 0.526. The molecule has 0 saturated carbocycles. The highest BCUT2D eigenvalue weighted by Gasteiger charge is 2.22. The molecule has 28 heavy (non-hydrogen) atoms. The van der Waals surface area contributed by atoms with Crippen LogP contribution in [0, 0.1) is 0 Å². The molecule has 2 amide bonds. The van der Waals surface area contributed by atoms with Gasteiger partial charge in [-0.05, 0) is 24.6 Å². The second kappa shape index (κ2) is 10.1. The maximum Gasteiger partial charge on any atom is 0.233 e. The molecule has 2 heterocycles. The molecular weight excluding hydrogens is 418 g/mol. The van der Waals surface area contributed by atoms with Crippen molar-refractivity contribution < 1.29 is 9.59 Å². The van der Waals surface area contributed by atoms with Gasteiger partial charge in [0.15, 0.2) is 4.34 Å². The first-order valence-electron chi connectivity index (χ1n) is 9.09. The molecule has 10 heteroatoms. The van der Waals surface area contributed by atoms with Crippen LogP contribution in [0.2, 0.25) is 5.02 Å². The van der Waals surface area contributed by atoms with Gasteiger partial charge in [0.05, 0.1) is 5.75 Å². The lowest BCUT2D eigenvalue weighted by atomic mass is 10.2. The van der Waals surface area contributed by atoms with E-state index in [0.717, 1.165) is 30.2 Å². The van der Waals surface area contributed by atoms with Gasteiger partial charge in [-0.25, -0.2) is 0 Å². The summed E-state index contributed by atoms with van der Waals surface area (Å²) in [5.74, 6) is 0.334. The average molecular weight is 440 g/mol. The van der Waals surface area contributed by atoms with Crippen molar-refractivity contribution in [1.29, 1.82) is 0 Å². The summed E-state index contributed by atoms with van der Waals surface area (Å²) in [6, 6.07) is 7.77. The molecule has 1 aliphatic heterocycles. The Labute approximate surface area is 177 Å². The van der Waals surface area contributed by atoms with Crippen LogP contribution in [0.1, 0.15) is 19.8 Å². The van der Waals surface area contributed by atoms with E-state index >= 15 is 0 Å². The topological polar surface area (TPSA) is 78.4 Å². The van der Waals surface area contributed by atoms with Gasteiger partial charge >= 0.3 is 0 Å². The largest absolute Gasteiger partial charge is 0.368 e. The number of hydrogen-bond donors (Lipinski definition) is 1. The fourth-order valence-corrected chi connectivity index (χ4v) is 4.68. The zero-order valence-electron chi connectivity index (χ0n) is 15.6. The fourth-order valence-electron chi connectivity index (χ4n) is 2.83. The first kappa shape index (κ1) is 20.9. The van der Waals surface area contributed by atoms with Crippen LogP contribution < -0.4 is 10.2 Å². The van der Waals surface area contributed by atoms with Gasteiger partial charge in [-0.15, -0.1) is 10.2 Å². The Kier molecular flexibility index (Phi) is 7.52. The molecule has 1 aliphatic rings. The van der Waals surface area contributed by atoms with Crippen LogP contribution >= 0.6 is 34.7 Å². The van der Waals surface area contributed by atoms with Crippen LogP contribution in [0.4, 0.5) is 10.8 Å². The minimum absolute atomic E-state index is 0.0659. The number of aromatic nitrogens is 2. The lowest BCUT2D eigenvalue weighted by Gasteiger charge is -2.36. The molecule has 0 atom stereocenters. The van der Waals surface area contributed by atoms with E-state index in [1.807, 2.05) is 36.1 Å². The molecular formula is C18H22ClN5O2S2. The molecule has 0 aliphatic carbocycles. The fraction of sp³-hybridized carbons (Fsp3) is 0.444. The zero-order valence-corrected chi connectivity index (χ0v) is 17.9. The Balaban J connectivity index is 1.44. The molecule has 1 saturated heterocycles. The molecule has 1 fully saturated rings. The molecule has 0 unspecified atom stereocenters. The lowest BCUT2D eigenvalue weighted by Crippen LogP contribution is -2.49. The third kappa shape index (κ3) is 5.83. The SMILES string of the molecule is CCCC(=O)Nc1nnc(SCC(=O)N2CCN(c3cccc(Cl)c3)CC2)s1. The average Bonchev–Trinajstić information content (AvgIpc) is 3.13. The van der Waals surface area contributed by atoms with Crippen LogP contribution in [0.15, 0.2) is 28.6 Å². The summed E-state index contributed by atoms with van der Waals surface area (Å²) in [6.07, 6.45) is 1.24. The molecule has 3 rings (SSSR count). The Hall–Kier alpha value is -1.84. The molecule has 0 radical (unpaired) electrons. The molecule has 150 valence electrons. The Bertz CT molecular complexity index is 824. The van der Waals surface area contributed by atoms with E-state index in [4.69, 9.17) is 11.6 Å². The Morgan fingerprint density at radius 1 is 1.25 bits per heavy atom. The van der Waals surface area contributed by atoms with E-state index in [1.165, 1.54) is 23.1 Å². The van der Waals surface area contributed by atoms with Crippen molar-refractivity contribution in [2.75, 3.05) is 42.1 Å². The van der Waals surface area contributed by atoms with Gasteiger partial charge in [0.1, 0.15) is 0 Å². The number of amides is 2. The number of halogens is 1. The molecule has 7 nitrogen and oxygen atoms in total. The van der Waals surface area contributed by atoms with E-state index in [9.17, 15) is 9.59 Å². The molecule has 1 N–H and O–H groups in total. The van der Waals surface area contributed by atoms with E-state index in [2.05, 4.69) is 20.4 Å². The number of anilines is 2. The van der Waals surface area contributed by atoms with Crippen LogP contribution in [0.3, 0.4) is 0 Å². The van der Waals surface area contributed by atoms with Crippen molar-refractivity contribution >= 4 is 57.3 Å². The number of carbonyl (C=O) groups excluding carboxylic acids is 2. The number of carbonyl (C=O) groups is 2. The summed E-state index contributed by atoms with van der Waals surface area (Å²) >= 11 is 8.71. The van der Waals surface area contributed by atoms with Gasteiger partial charge in [-0.1, -0.05) is 47.7 Å². The smallest absolute Gasteiger partial charge is 0.233 e. The highest BCUT2D eigenvalue weighted by Crippen LogP contribution is 2.26. The van der Waals surface area contributed by atoms with Crippen molar-refractivity contribution in [1.82, 2.24) is 15.1 Å². The van der Waals surface area contributed by atoms with Crippen LogP contribution in [0.5, 0.6) is 0 Å². The Morgan fingerprint density at radius 3 is 2.75 bits per heavy atom. The van der Waals surface area contributed by atoms with Crippen LogP contribution in [-0.2, 0) is 9.59 Å². The minimum Gasteiger partial charge on any atom is -0.368 e. The van der Waals surface area contributed by atoms with Crippen molar-refractivity contribution in [3.05, 3.63) is 29.3 Å². The second-order valence-corrected chi connectivity index (χ2v) is 8.94. The van der Waals surface area contributed by atoms with E-state index in [1.54, 1.807) is 0 Å². The predicted octanol–water partition coefficient (Wildman–Crippen LogP) is 3.37. The molecule has 1 aromatic heterocycles. The number of benzene rings is 1. The summed E-state index contributed by atoms with van der Waals surface area (Å²) < 4.78 is 0.678. The number of hydrogen-bond acceptors (Lipinski definition) is 7. The zero-order chi connectivity index (χ0) is 19.9. The summed E-state index contributed by atoms with van der Waals surface area (Å²) in [5.41, 5.74) is 1.08. The van der Waals surface area contributed by atoms with Gasteiger partial charge in [0, 0.05) is 43.3 Å². The molecule has 1 aromatic carbocycles. The van der Waals surface area contributed by atoms with E-state index in [-0.39, 0.29) is 11.8 Å². The standard InChI is InChI=1S/C18H22ClN5O2S2/c1-2-4-15(25)20-17-21-22-18(28-17)27-12-16(26)24-9-7-23(8-10-24)14-6-3-5-13(19)11-14/h3,5-6,11H,2,4,7-10,12H2,1H3,(H,20,21,25). The number of nitrogens with one attached hydrogen (secondary N) is 1. The van der Waals surface area contributed by atoms with Gasteiger partial charge in [0.2, 0.25) is 16.9 Å². The lowest BCUT2D eigenvalue weighted by molar-refractivity contribution is -0.128. The van der Waals surface area contributed by atoms with Crippen molar-refractivity contribution in [3.63, 3.8) is 0 Å². The summed E-state index contributed by atoms with van der Waals surface area (Å²) in [7, 11) is 0. The number of nitrogens with zero attached hydrogens (tertiary/aromatic N) is 4. The first-order valence-corrected chi connectivity index (χ1v) is 11.3. The maximum atomic E-state index is 12.5. The second-order valence-electron chi connectivity index (χ2n) is 6.31. The van der Waals surface area contributed by atoms with Gasteiger partial charge < -0.3 is 15.1 Å². The van der Waals surface area contributed by atoms with Crippen molar-refractivity contribution in [2.45, 2.75) is 24.1 Å². The monoisotopic (exact) mass is 439 g/mol. The van der Waals surface area contributed by atoms with Crippen LogP contribution in [0.25, 0.3) is 0 Å². The number of rotatable bonds is 7. The summed E-state index contributed by atoms with van der Waals surface area (Å²) in [4.78, 5) is 28.2. The van der Waals surface area contributed by atoms with Crippen molar-refractivity contribution in [3.8, 4) is 0 Å². The number of thioether (sulfide) groups is 1. The third-order valence-electron chi connectivity index (χ3n) is 4.25. The summed E-state index contributed by atoms with van der Waals surface area (Å²) in [5, 5.41) is 11.9. The van der Waals surface area contributed by atoms with E-state index < -0.39 is 0 Å². The van der Waals surface area contributed by atoms with Crippen molar-refractivity contribution in [2.24, 2.45) is 0 Å². The summed E-state index contributed by atoms with van der Waals surface area (Å²) in [6.45, 7) is 4.87. The highest BCUT2D eigenvalue weighted by molar-refractivity contribution is 8.01. The van der Waals surface area contributed by atoms with E-state index in [0.29, 0.717) is 34.7 Å². The normalized spacial score (nSPS) is 14.2.